The van der Waals surface area contributed by atoms with Crippen molar-refractivity contribution in [1.29, 1.82) is 0 Å². The molecule has 0 radical (unpaired) electrons. The molecule has 2 aromatic heterocycles. The minimum Gasteiger partial charge on any atom is -0.366 e. The van der Waals surface area contributed by atoms with Crippen LogP contribution in [0.15, 0.2) is 30.7 Å². The number of hydrogen-bond donors (Lipinski definition) is 1. The van der Waals surface area contributed by atoms with E-state index in [1.165, 1.54) is 44.1 Å². The first-order valence-corrected chi connectivity index (χ1v) is 10.8. The van der Waals surface area contributed by atoms with Crippen LogP contribution in [0, 0.1) is 5.92 Å². The molecule has 6 heteroatoms. The van der Waals surface area contributed by atoms with Crippen LogP contribution in [-0.4, -0.2) is 41.1 Å². The highest BCUT2D eigenvalue weighted by molar-refractivity contribution is 5.49. The molecule has 2 aliphatic rings. The predicted octanol–water partition coefficient (Wildman–Crippen LogP) is 4.10. The highest BCUT2D eigenvalue weighted by atomic mass is 15.2. The minimum absolute atomic E-state index is 0.722. The standard InChI is InChI=1S/C22H32N6/c1-18-7-6-12-28(16-18)22-13-20(25-17-26-22)23-14-19-8-9-21(24-15-19)27-10-4-2-3-5-11-27/h8-9,13,15,17-18H,2-7,10-12,14,16H2,1H3,(H,23,25,26). The molecule has 2 saturated heterocycles. The maximum Gasteiger partial charge on any atom is 0.134 e. The summed E-state index contributed by atoms with van der Waals surface area (Å²) < 4.78 is 0. The van der Waals surface area contributed by atoms with Crippen molar-refractivity contribution in [3.05, 3.63) is 36.3 Å². The lowest BCUT2D eigenvalue weighted by Crippen LogP contribution is -2.34. The van der Waals surface area contributed by atoms with Crippen molar-refractivity contribution in [2.45, 2.75) is 52.0 Å². The highest BCUT2D eigenvalue weighted by Crippen LogP contribution is 2.23. The van der Waals surface area contributed by atoms with Gasteiger partial charge in [-0.2, -0.15) is 0 Å². The molecule has 0 aliphatic carbocycles. The van der Waals surface area contributed by atoms with Crippen LogP contribution in [-0.2, 0) is 6.54 Å². The highest BCUT2D eigenvalue weighted by Gasteiger charge is 2.18. The summed E-state index contributed by atoms with van der Waals surface area (Å²) in [6.45, 7) is 7.46. The SMILES string of the molecule is CC1CCCN(c2cc(NCc3ccc(N4CCCCCC4)nc3)ncn2)C1. The molecular weight excluding hydrogens is 348 g/mol. The Labute approximate surface area is 168 Å². The molecule has 0 saturated carbocycles. The zero-order valence-electron chi connectivity index (χ0n) is 17.0. The van der Waals surface area contributed by atoms with Gasteiger partial charge in [0.2, 0.25) is 0 Å². The summed E-state index contributed by atoms with van der Waals surface area (Å²) >= 11 is 0. The summed E-state index contributed by atoms with van der Waals surface area (Å²) in [4.78, 5) is 18.4. The van der Waals surface area contributed by atoms with Crippen LogP contribution in [0.3, 0.4) is 0 Å². The molecule has 2 aliphatic heterocycles. The van der Waals surface area contributed by atoms with Crippen LogP contribution >= 0.6 is 0 Å². The maximum atomic E-state index is 4.70. The monoisotopic (exact) mass is 380 g/mol. The molecule has 0 bridgehead atoms. The van der Waals surface area contributed by atoms with Gasteiger partial charge in [-0.15, -0.1) is 0 Å². The van der Waals surface area contributed by atoms with E-state index in [1.807, 2.05) is 6.20 Å². The Morgan fingerprint density at radius 2 is 1.75 bits per heavy atom. The zero-order chi connectivity index (χ0) is 19.2. The first kappa shape index (κ1) is 19.0. The van der Waals surface area contributed by atoms with E-state index < -0.39 is 0 Å². The van der Waals surface area contributed by atoms with E-state index in [0.717, 1.165) is 56.1 Å². The first-order chi connectivity index (χ1) is 13.8. The largest absolute Gasteiger partial charge is 0.366 e. The molecule has 1 unspecified atom stereocenters. The molecule has 6 nitrogen and oxygen atoms in total. The lowest BCUT2D eigenvalue weighted by Gasteiger charge is -2.31. The Bertz CT molecular complexity index is 739. The molecular formula is C22H32N6. The van der Waals surface area contributed by atoms with Gasteiger partial charge < -0.3 is 15.1 Å². The van der Waals surface area contributed by atoms with Crippen molar-refractivity contribution in [2.24, 2.45) is 5.92 Å². The van der Waals surface area contributed by atoms with E-state index in [1.54, 1.807) is 6.33 Å². The smallest absolute Gasteiger partial charge is 0.134 e. The second kappa shape index (κ2) is 9.22. The van der Waals surface area contributed by atoms with Crippen LogP contribution in [0.2, 0.25) is 0 Å². The van der Waals surface area contributed by atoms with Gasteiger partial charge in [0.05, 0.1) is 0 Å². The third-order valence-electron chi connectivity index (χ3n) is 5.85. The lowest BCUT2D eigenvalue weighted by molar-refractivity contribution is 0.444. The summed E-state index contributed by atoms with van der Waals surface area (Å²) in [7, 11) is 0. The van der Waals surface area contributed by atoms with E-state index >= 15 is 0 Å². The van der Waals surface area contributed by atoms with Gasteiger partial charge in [0.1, 0.15) is 23.8 Å². The Balaban J connectivity index is 1.34. The van der Waals surface area contributed by atoms with Crippen molar-refractivity contribution in [1.82, 2.24) is 15.0 Å². The van der Waals surface area contributed by atoms with Gasteiger partial charge in [-0.1, -0.05) is 25.8 Å². The molecule has 2 fully saturated rings. The van der Waals surface area contributed by atoms with Crippen LogP contribution in [0.25, 0.3) is 0 Å². The second-order valence-corrected chi connectivity index (χ2v) is 8.23. The molecule has 0 spiro atoms. The maximum absolute atomic E-state index is 4.70. The van der Waals surface area contributed by atoms with Crippen LogP contribution < -0.4 is 15.1 Å². The third kappa shape index (κ3) is 4.91. The summed E-state index contributed by atoms with van der Waals surface area (Å²) in [6, 6.07) is 6.40. The van der Waals surface area contributed by atoms with E-state index in [2.05, 4.69) is 50.2 Å². The summed E-state index contributed by atoms with van der Waals surface area (Å²) in [5, 5.41) is 3.43. The topological polar surface area (TPSA) is 57.2 Å². The second-order valence-electron chi connectivity index (χ2n) is 8.23. The van der Waals surface area contributed by atoms with Crippen molar-refractivity contribution >= 4 is 17.5 Å². The fourth-order valence-electron chi connectivity index (χ4n) is 4.21. The molecule has 4 rings (SSSR count). The molecule has 1 atom stereocenters. The molecule has 2 aromatic rings. The number of pyridine rings is 1. The summed E-state index contributed by atoms with van der Waals surface area (Å²) in [5.41, 5.74) is 1.17. The minimum atomic E-state index is 0.722. The van der Waals surface area contributed by atoms with Gasteiger partial charge >= 0.3 is 0 Å². The number of rotatable bonds is 5. The van der Waals surface area contributed by atoms with Crippen molar-refractivity contribution in [3.8, 4) is 0 Å². The van der Waals surface area contributed by atoms with Crippen LogP contribution in [0.5, 0.6) is 0 Å². The summed E-state index contributed by atoms with van der Waals surface area (Å²) in [5.74, 6) is 3.74. The number of anilines is 3. The Kier molecular flexibility index (Phi) is 6.24. The van der Waals surface area contributed by atoms with Gasteiger partial charge in [-0.05, 0) is 43.2 Å². The normalized spacial score (nSPS) is 20.7. The molecule has 1 N–H and O–H groups in total. The average Bonchev–Trinajstić information content (AvgIpc) is 3.02. The van der Waals surface area contributed by atoms with Gasteiger partial charge in [0, 0.05) is 45.0 Å². The zero-order valence-corrected chi connectivity index (χ0v) is 17.0. The fourth-order valence-corrected chi connectivity index (χ4v) is 4.21. The van der Waals surface area contributed by atoms with E-state index in [9.17, 15) is 0 Å². The molecule has 28 heavy (non-hydrogen) atoms. The van der Waals surface area contributed by atoms with Crippen LogP contribution in [0.1, 0.15) is 51.0 Å². The Hall–Kier alpha value is -2.37. The number of nitrogens with one attached hydrogen (secondary N) is 1. The molecule has 0 aromatic carbocycles. The van der Waals surface area contributed by atoms with E-state index in [0.29, 0.717) is 0 Å². The predicted molar refractivity (Wildman–Crippen MR) is 115 cm³/mol. The van der Waals surface area contributed by atoms with Crippen molar-refractivity contribution in [2.75, 3.05) is 41.3 Å². The Morgan fingerprint density at radius 1 is 0.929 bits per heavy atom. The van der Waals surface area contributed by atoms with Gasteiger partial charge in [0.25, 0.3) is 0 Å². The quantitative estimate of drug-likeness (QED) is 0.843. The van der Waals surface area contributed by atoms with Crippen molar-refractivity contribution < 1.29 is 0 Å². The van der Waals surface area contributed by atoms with E-state index in [-0.39, 0.29) is 0 Å². The number of nitrogens with zero attached hydrogens (tertiary/aromatic N) is 5. The number of hydrogen-bond acceptors (Lipinski definition) is 6. The third-order valence-corrected chi connectivity index (χ3v) is 5.85. The number of aromatic nitrogens is 3. The van der Waals surface area contributed by atoms with Gasteiger partial charge in [0.15, 0.2) is 0 Å². The molecule has 0 amide bonds. The van der Waals surface area contributed by atoms with E-state index in [4.69, 9.17) is 4.98 Å². The van der Waals surface area contributed by atoms with Gasteiger partial charge in [-0.25, -0.2) is 15.0 Å². The van der Waals surface area contributed by atoms with Gasteiger partial charge in [-0.3, -0.25) is 0 Å². The molecule has 150 valence electrons. The lowest BCUT2D eigenvalue weighted by atomic mass is 10.0. The number of piperidine rings is 1. The Morgan fingerprint density at radius 3 is 2.50 bits per heavy atom. The van der Waals surface area contributed by atoms with Crippen LogP contribution in [0.4, 0.5) is 17.5 Å². The fraction of sp³-hybridized carbons (Fsp3) is 0.591. The summed E-state index contributed by atoms with van der Waals surface area (Å²) in [6.07, 6.45) is 11.4. The average molecular weight is 381 g/mol. The van der Waals surface area contributed by atoms with Crippen molar-refractivity contribution in [3.63, 3.8) is 0 Å². The molecule has 4 heterocycles. The first-order valence-electron chi connectivity index (χ1n) is 10.8.